The number of hydrogen-bond donors (Lipinski definition) is 1. The number of amides is 1. The van der Waals surface area contributed by atoms with Crippen LogP contribution < -0.4 is 10.9 Å². The molecule has 0 spiro atoms. The second kappa shape index (κ2) is 8.71. The summed E-state index contributed by atoms with van der Waals surface area (Å²) in [7, 11) is 0. The lowest BCUT2D eigenvalue weighted by Crippen LogP contribution is -2.31. The third-order valence-electron chi connectivity index (χ3n) is 4.76. The first kappa shape index (κ1) is 19.0. The maximum atomic E-state index is 13.1. The van der Waals surface area contributed by atoms with Crippen LogP contribution in [0.2, 0.25) is 0 Å². The zero-order chi connectivity index (χ0) is 18.5. The summed E-state index contributed by atoms with van der Waals surface area (Å²) >= 11 is 1.37. The van der Waals surface area contributed by atoms with E-state index in [1.54, 1.807) is 0 Å². The van der Waals surface area contributed by atoms with Crippen molar-refractivity contribution in [3.05, 3.63) is 34.6 Å². The molecule has 5 nitrogen and oxygen atoms in total. The number of carbonyl (C=O) groups excluding carboxylic acids is 1. The molecule has 0 bridgehead atoms. The molecule has 0 radical (unpaired) electrons. The van der Waals surface area contributed by atoms with Crippen molar-refractivity contribution in [3.63, 3.8) is 0 Å². The second-order valence-electron chi connectivity index (χ2n) is 7.37. The highest BCUT2D eigenvalue weighted by atomic mass is 32.2. The van der Waals surface area contributed by atoms with E-state index in [2.05, 4.69) is 19.2 Å². The molecule has 0 atom stereocenters. The lowest BCUT2D eigenvalue weighted by atomic mass is 9.95. The Labute approximate surface area is 158 Å². The quantitative estimate of drug-likeness (QED) is 0.618. The van der Waals surface area contributed by atoms with Gasteiger partial charge in [0.2, 0.25) is 5.91 Å². The van der Waals surface area contributed by atoms with Gasteiger partial charge in [0.15, 0.2) is 5.16 Å². The number of nitrogens with zero attached hydrogens (tertiary/aromatic N) is 2. The number of thioether (sulfide) groups is 1. The molecule has 1 aromatic carbocycles. The lowest BCUT2D eigenvalue weighted by molar-refractivity contribution is -0.118. The van der Waals surface area contributed by atoms with Gasteiger partial charge < -0.3 is 5.32 Å². The van der Waals surface area contributed by atoms with Crippen LogP contribution in [0.15, 0.2) is 34.2 Å². The number of fused-ring (bicyclic) bond motifs is 1. The second-order valence-corrected chi connectivity index (χ2v) is 8.31. The topological polar surface area (TPSA) is 64.0 Å². The van der Waals surface area contributed by atoms with E-state index >= 15 is 0 Å². The van der Waals surface area contributed by atoms with Gasteiger partial charge in [-0.15, -0.1) is 0 Å². The third kappa shape index (κ3) is 4.47. The zero-order valence-corrected chi connectivity index (χ0v) is 16.3. The van der Waals surface area contributed by atoms with E-state index in [9.17, 15) is 9.59 Å². The number of nitrogens with one attached hydrogen (secondary N) is 1. The van der Waals surface area contributed by atoms with Crippen LogP contribution in [-0.2, 0) is 4.79 Å². The van der Waals surface area contributed by atoms with Crippen LogP contribution in [0.4, 0.5) is 0 Å². The van der Waals surface area contributed by atoms with Crippen molar-refractivity contribution in [2.24, 2.45) is 5.92 Å². The molecule has 0 unspecified atom stereocenters. The minimum atomic E-state index is -0.0127. The number of benzene rings is 1. The maximum Gasteiger partial charge on any atom is 0.262 e. The molecule has 1 N–H and O–H groups in total. The number of para-hydroxylation sites is 1. The first-order valence-corrected chi connectivity index (χ1v) is 10.5. The van der Waals surface area contributed by atoms with Crippen LogP contribution >= 0.6 is 11.8 Å². The van der Waals surface area contributed by atoms with Gasteiger partial charge in [-0.05, 0) is 30.9 Å². The van der Waals surface area contributed by atoms with Gasteiger partial charge in [-0.3, -0.25) is 14.2 Å². The van der Waals surface area contributed by atoms with Crippen molar-refractivity contribution < 1.29 is 4.79 Å². The molecule has 1 aliphatic carbocycles. The molecule has 1 fully saturated rings. The predicted molar refractivity (Wildman–Crippen MR) is 107 cm³/mol. The molecule has 1 aliphatic rings. The minimum Gasteiger partial charge on any atom is -0.355 e. The van der Waals surface area contributed by atoms with Gasteiger partial charge in [0.25, 0.3) is 5.56 Å². The molecular formula is C20H27N3O2S. The normalized spacial score (nSPS) is 15.5. The van der Waals surface area contributed by atoms with Gasteiger partial charge in [0, 0.05) is 12.6 Å². The predicted octanol–water partition coefficient (Wildman–Crippen LogP) is 3.77. The highest BCUT2D eigenvalue weighted by Gasteiger charge is 2.22. The first-order valence-electron chi connectivity index (χ1n) is 9.47. The number of rotatable bonds is 6. The Balaban J connectivity index is 1.89. The van der Waals surface area contributed by atoms with Gasteiger partial charge >= 0.3 is 0 Å². The van der Waals surface area contributed by atoms with E-state index < -0.39 is 0 Å². The van der Waals surface area contributed by atoms with Crippen molar-refractivity contribution in [1.29, 1.82) is 0 Å². The van der Waals surface area contributed by atoms with E-state index in [0.29, 0.717) is 28.5 Å². The molecule has 0 aliphatic heterocycles. The van der Waals surface area contributed by atoms with Crippen molar-refractivity contribution in [1.82, 2.24) is 14.9 Å². The fourth-order valence-electron chi connectivity index (χ4n) is 3.39. The van der Waals surface area contributed by atoms with Gasteiger partial charge in [-0.25, -0.2) is 4.98 Å². The number of carbonyl (C=O) groups is 1. The summed E-state index contributed by atoms with van der Waals surface area (Å²) in [6.07, 6.45) is 5.53. The van der Waals surface area contributed by atoms with E-state index in [4.69, 9.17) is 4.98 Å². The Morgan fingerprint density at radius 3 is 2.73 bits per heavy atom. The first-order chi connectivity index (χ1) is 12.6. The van der Waals surface area contributed by atoms with E-state index in [1.807, 2.05) is 28.8 Å². The van der Waals surface area contributed by atoms with Crippen LogP contribution in [0.1, 0.15) is 52.0 Å². The molecule has 0 saturated heterocycles. The fraction of sp³-hybridized carbons (Fsp3) is 0.550. The summed E-state index contributed by atoms with van der Waals surface area (Å²) in [4.78, 5) is 30.0. The van der Waals surface area contributed by atoms with Crippen molar-refractivity contribution in [2.75, 3.05) is 12.3 Å². The minimum absolute atomic E-state index is 0.0127. The van der Waals surface area contributed by atoms with Crippen LogP contribution in [-0.4, -0.2) is 27.8 Å². The Kier molecular flexibility index (Phi) is 6.35. The lowest BCUT2D eigenvalue weighted by Gasteiger charge is -2.26. The smallest absolute Gasteiger partial charge is 0.262 e. The Morgan fingerprint density at radius 1 is 1.27 bits per heavy atom. The number of hydrogen-bond acceptors (Lipinski definition) is 4. The Hall–Kier alpha value is -1.82. The van der Waals surface area contributed by atoms with Crippen LogP contribution in [0.25, 0.3) is 10.9 Å². The summed E-state index contributed by atoms with van der Waals surface area (Å²) in [6.45, 7) is 4.80. The van der Waals surface area contributed by atoms with Crippen molar-refractivity contribution in [3.8, 4) is 0 Å². The molecule has 26 heavy (non-hydrogen) atoms. The van der Waals surface area contributed by atoms with E-state index in [0.717, 1.165) is 25.7 Å². The largest absolute Gasteiger partial charge is 0.355 e. The summed E-state index contributed by atoms with van der Waals surface area (Å²) in [5.74, 6) is 0.689. The van der Waals surface area contributed by atoms with E-state index in [1.165, 1.54) is 18.2 Å². The van der Waals surface area contributed by atoms with Crippen molar-refractivity contribution in [2.45, 2.75) is 57.1 Å². The molecule has 6 heteroatoms. The van der Waals surface area contributed by atoms with Crippen LogP contribution in [0.3, 0.4) is 0 Å². The Bertz CT molecular complexity index is 825. The highest BCUT2D eigenvalue weighted by molar-refractivity contribution is 7.99. The van der Waals surface area contributed by atoms with Gasteiger partial charge in [-0.1, -0.05) is 57.0 Å². The van der Waals surface area contributed by atoms with Gasteiger partial charge in [0.05, 0.1) is 16.7 Å². The average Bonchev–Trinajstić information content (AvgIpc) is 2.65. The highest BCUT2D eigenvalue weighted by Crippen LogP contribution is 2.30. The Morgan fingerprint density at radius 2 is 2.00 bits per heavy atom. The molecule has 1 aromatic heterocycles. The average molecular weight is 374 g/mol. The summed E-state index contributed by atoms with van der Waals surface area (Å²) in [5.41, 5.74) is 0.724. The molecule has 1 saturated carbocycles. The van der Waals surface area contributed by atoms with Crippen LogP contribution in [0, 0.1) is 5.92 Å². The SMILES string of the molecule is CC(C)CNC(=O)CSc1nc2ccccc2c(=O)n1C1CCCCC1. The standard InChI is InChI=1S/C20H27N3O2S/c1-14(2)12-21-18(24)13-26-20-22-17-11-7-6-10-16(17)19(25)23(20)15-8-4-3-5-9-15/h6-7,10-11,14-15H,3-5,8-9,12-13H2,1-2H3,(H,21,24). The van der Waals surface area contributed by atoms with Gasteiger partial charge in [-0.2, -0.15) is 0 Å². The monoisotopic (exact) mass is 373 g/mol. The molecule has 1 amide bonds. The van der Waals surface area contributed by atoms with E-state index in [-0.39, 0.29) is 23.3 Å². The molecule has 3 rings (SSSR count). The van der Waals surface area contributed by atoms with Gasteiger partial charge in [0.1, 0.15) is 0 Å². The van der Waals surface area contributed by atoms with Crippen molar-refractivity contribution >= 4 is 28.6 Å². The third-order valence-corrected chi connectivity index (χ3v) is 5.71. The summed E-state index contributed by atoms with van der Waals surface area (Å²) in [5, 5.41) is 4.25. The summed E-state index contributed by atoms with van der Waals surface area (Å²) < 4.78 is 1.85. The molecule has 2 aromatic rings. The van der Waals surface area contributed by atoms with Crippen LogP contribution in [0.5, 0.6) is 0 Å². The zero-order valence-electron chi connectivity index (χ0n) is 15.5. The number of aromatic nitrogens is 2. The molecular weight excluding hydrogens is 346 g/mol. The maximum absolute atomic E-state index is 13.1. The fourth-order valence-corrected chi connectivity index (χ4v) is 4.28. The molecule has 140 valence electrons. The molecule has 1 heterocycles. The summed E-state index contributed by atoms with van der Waals surface area (Å²) in [6, 6.07) is 7.67.